The molecule has 0 radical (unpaired) electrons. The van der Waals surface area contributed by atoms with Crippen molar-refractivity contribution in [3.05, 3.63) is 50.1 Å². The first-order chi connectivity index (χ1) is 8.63. The van der Waals surface area contributed by atoms with Crippen LogP contribution in [0.15, 0.2) is 34.1 Å². The molecule has 1 N–H and O–H groups in total. The molecular formula is C14H15BrO2S. The molecule has 96 valence electrons. The molecule has 1 aromatic carbocycles. The van der Waals surface area contributed by atoms with Crippen molar-refractivity contribution >= 4 is 27.3 Å². The summed E-state index contributed by atoms with van der Waals surface area (Å²) in [5.74, 6) is 0.745. The molecule has 4 heteroatoms. The van der Waals surface area contributed by atoms with Crippen LogP contribution in [0.1, 0.15) is 29.0 Å². The van der Waals surface area contributed by atoms with Crippen LogP contribution < -0.4 is 4.74 Å². The van der Waals surface area contributed by atoms with E-state index in [1.807, 2.05) is 44.2 Å². The van der Waals surface area contributed by atoms with E-state index in [9.17, 15) is 5.11 Å². The Bertz CT molecular complexity index is 536. The standard InChI is InChI=1S/C14H15BrO2S/c1-3-17-12-7-5-4-6-10(12)14(16)11-8-13(15)18-9(11)2/h4-8,14,16H,3H2,1-2H3. The van der Waals surface area contributed by atoms with E-state index in [-0.39, 0.29) is 0 Å². The Morgan fingerprint density at radius 3 is 2.67 bits per heavy atom. The van der Waals surface area contributed by atoms with E-state index >= 15 is 0 Å². The minimum atomic E-state index is -0.643. The Morgan fingerprint density at radius 2 is 2.06 bits per heavy atom. The summed E-state index contributed by atoms with van der Waals surface area (Å²) in [6.45, 7) is 4.54. The van der Waals surface area contributed by atoms with Crippen LogP contribution in [0.25, 0.3) is 0 Å². The summed E-state index contributed by atoms with van der Waals surface area (Å²) in [5, 5.41) is 10.5. The molecule has 1 heterocycles. The Labute approximate surface area is 119 Å². The maximum absolute atomic E-state index is 10.5. The minimum absolute atomic E-state index is 0.593. The van der Waals surface area contributed by atoms with E-state index in [2.05, 4.69) is 15.9 Å². The van der Waals surface area contributed by atoms with Crippen LogP contribution in [0.5, 0.6) is 5.75 Å². The molecule has 1 atom stereocenters. The average molecular weight is 327 g/mol. The third-order valence-electron chi connectivity index (χ3n) is 2.73. The monoisotopic (exact) mass is 326 g/mol. The maximum atomic E-state index is 10.5. The molecule has 0 bridgehead atoms. The molecule has 0 aliphatic rings. The van der Waals surface area contributed by atoms with Crippen LogP contribution in [-0.2, 0) is 0 Å². The van der Waals surface area contributed by atoms with Crippen LogP contribution in [0.2, 0.25) is 0 Å². The number of aliphatic hydroxyl groups is 1. The summed E-state index contributed by atoms with van der Waals surface area (Å²) in [7, 11) is 0. The quantitative estimate of drug-likeness (QED) is 0.907. The summed E-state index contributed by atoms with van der Waals surface area (Å²) in [4.78, 5) is 1.11. The lowest BCUT2D eigenvalue weighted by atomic mass is 10.0. The van der Waals surface area contributed by atoms with Crippen molar-refractivity contribution < 1.29 is 9.84 Å². The van der Waals surface area contributed by atoms with Gasteiger partial charge in [0.2, 0.25) is 0 Å². The second kappa shape index (κ2) is 5.87. The Kier molecular flexibility index (Phi) is 4.43. The molecule has 0 saturated carbocycles. The number of hydrogen-bond acceptors (Lipinski definition) is 3. The van der Waals surface area contributed by atoms with Crippen LogP contribution in [-0.4, -0.2) is 11.7 Å². The SMILES string of the molecule is CCOc1ccccc1C(O)c1cc(Br)sc1C. The molecule has 1 unspecified atom stereocenters. The Morgan fingerprint density at radius 1 is 1.33 bits per heavy atom. The van der Waals surface area contributed by atoms with Gasteiger partial charge in [-0.2, -0.15) is 0 Å². The van der Waals surface area contributed by atoms with Crippen molar-refractivity contribution in [1.29, 1.82) is 0 Å². The van der Waals surface area contributed by atoms with Gasteiger partial charge < -0.3 is 9.84 Å². The van der Waals surface area contributed by atoms with Gasteiger partial charge in [-0.25, -0.2) is 0 Å². The normalized spacial score (nSPS) is 12.4. The molecule has 2 rings (SSSR count). The summed E-state index contributed by atoms with van der Waals surface area (Å²) >= 11 is 5.08. The summed E-state index contributed by atoms with van der Waals surface area (Å²) in [6, 6.07) is 9.59. The number of benzene rings is 1. The number of thiophene rings is 1. The van der Waals surface area contributed by atoms with Gasteiger partial charge in [0.25, 0.3) is 0 Å². The number of aryl methyl sites for hydroxylation is 1. The number of para-hydroxylation sites is 1. The fraction of sp³-hybridized carbons (Fsp3) is 0.286. The molecule has 0 amide bonds. The molecule has 2 nitrogen and oxygen atoms in total. The number of aliphatic hydroxyl groups excluding tert-OH is 1. The molecule has 0 aliphatic heterocycles. The number of hydrogen-bond donors (Lipinski definition) is 1. The van der Waals surface area contributed by atoms with Gasteiger partial charge in [0.05, 0.1) is 10.4 Å². The molecule has 0 aliphatic carbocycles. The van der Waals surface area contributed by atoms with Crippen molar-refractivity contribution in [2.24, 2.45) is 0 Å². The smallest absolute Gasteiger partial charge is 0.125 e. The fourth-order valence-electron chi connectivity index (χ4n) is 1.89. The molecule has 2 aromatic rings. The molecule has 0 saturated heterocycles. The first-order valence-electron chi connectivity index (χ1n) is 5.79. The van der Waals surface area contributed by atoms with Gasteiger partial charge in [0.15, 0.2) is 0 Å². The van der Waals surface area contributed by atoms with Crippen molar-refractivity contribution in [1.82, 2.24) is 0 Å². The average Bonchev–Trinajstić information content (AvgIpc) is 2.69. The highest BCUT2D eigenvalue weighted by Gasteiger charge is 2.18. The van der Waals surface area contributed by atoms with E-state index in [1.54, 1.807) is 11.3 Å². The van der Waals surface area contributed by atoms with Crippen LogP contribution in [0.3, 0.4) is 0 Å². The van der Waals surface area contributed by atoms with Gasteiger partial charge in [-0.05, 0) is 47.5 Å². The van der Waals surface area contributed by atoms with Crippen molar-refractivity contribution in [3.8, 4) is 5.75 Å². The van der Waals surface area contributed by atoms with Gasteiger partial charge in [-0.3, -0.25) is 0 Å². The lowest BCUT2D eigenvalue weighted by Gasteiger charge is -2.15. The van der Waals surface area contributed by atoms with Gasteiger partial charge in [0, 0.05) is 10.4 Å². The highest BCUT2D eigenvalue weighted by Crippen LogP contribution is 2.36. The lowest BCUT2D eigenvalue weighted by Crippen LogP contribution is -2.04. The van der Waals surface area contributed by atoms with E-state index in [1.165, 1.54) is 0 Å². The first kappa shape index (κ1) is 13.6. The van der Waals surface area contributed by atoms with E-state index in [4.69, 9.17) is 4.74 Å². The highest BCUT2D eigenvalue weighted by atomic mass is 79.9. The number of rotatable bonds is 4. The Balaban J connectivity index is 2.39. The maximum Gasteiger partial charge on any atom is 0.125 e. The zero-order valence-corrected chi connectivity index (χ0v) is 12.7. The van der Waals surface area contributed by atoms with Crippen molar-refractivity contribution in [3.63, 3.8) is 0 Å². The second-order valence-corrected chi connectivity index (χ2v) is 6.57. The summed E-state index contributed by atoms with van der Waals surface area (Å²) in [6.07, 6.45) is -0.643. The van der Waals surface area contributed by atoms with Crippen LogP contribution >= 0.6 is 27.3 Å². The van der Waals surface area contributed by atoms with Crippen molar-refractivity contribution in [2.45, 2.75) is 20.0 Å². The molecular weight excluding hydrogens is 312 g/mol. The zero-order valence-electron chi connectivity index (χ0n) is 10.3. The topological polar surface area (TPSA) is 29.5 Å². The largest absolute Gasteiger partial charge is 0.493 e. The molecule has 1 aromatic heterocycles. The summed E-state index contributed by atoms with van der Waals surface area (Å²) < 4.78 is 6.59. The highest BCUT2D eigenvalue weighted by molar-refractivity contribution is 9.11. The third kappa shape index (κ3) is 2.76. The van der Waals surface area contributed by atoms with Gasteiger partial charge in [-0.1, -0.05) is 18.2 Å². The summed E-state index contributed by atoms with van der Waals surface area (Å²) in [5.41, 5.74) is 1.74. The van der Waals surface area contributed by atoms with E-state index in [0.29, 0.717) is 6.61 Å². The van der Waals surface area contributed by atoms with E-state index < -0.39 is 6.10 Å². The van der Waals surface area contributed by atoms with Gasteiger partial charge >= 0.3 is 0 Å². The minimum Gasteiger partial charge on any atom is -0.493 e. The van der Waals surface area contributed by atoms with E-state index in [0.717, 1.165) is 25.5 Å². The predicted molar refractivity (Wildman–Crippen MR) is 78.4 cm³/mol. The third-order valence-corrected chi connectivity index (χ3v) is 4.30. The molecule has 0 spiro atoms. The van der Waals surface area contributed by atoms with Crippen LogP contribution in [0, 0.1) is 6.92 Å². The van der Waals surface area contributed by atoms with Gasteiger partial charge in [0.1, 0.15) is 11.9 Å². The second-order valence-electron chi connectivity index (χ2n) is 3.94. The number of ether oxygens (including phenoxy) is 1. The Hall–Kier alpha value is -0.840. The first-order valence-corrected chi connectivity index (χ1v) is 7.40. The lowest BCUT2D eigenvalue weighted by molar-refractivity contribution is 0.212. The molecule has 18 heavy (non-hydrogen) atoms. The van der Waals surface area contributed by atoms with Crippen molar-refractivity contribution in [2.75, 3.05) is 6.61 Å². The zero-order chi connectivity index (χ0) is 13.1. The van der Waals surface area contributed by atoms with Crippen LogP contribution in [0.4, 0.5) is 0 Å². The number of halogens is 1. The predicted octanol–water partition coefficient (Wildman–Crippen LogP) is 4.30. The molecule has 0 fully saturated rings. The van der Waals surface area contributed by atoms with Gasteiger partial charge in [-0.15, -0.1) is 11.3 Å². The fourth-order valence-corrected chi connectivity index (χ4v) is 3.63.